The van der Waals surface area contributed by atoms with Gasteiger partial charge in [-0.1, -0.05) is 32.0 Å². The molecule has 2 aromatic rings. The van der Waals surface area contributed by atoms with Crippen molar-refractivity contribution in [2.24, 2.45) is 5.41 Å². The third kappa shape index (κ3) is 2.99. The van der Waals surface area contributed by atoms with Crippen molar-refractivity contribution in [3.05, 3.63) is 48.5 Å². The second kappa shape index (κ2) is 5.35. The summed E-state index contributed by atoms with van der Waals surface area (Å²) >= 11 is 0. The first-order valence-electron chi connectivity index (χ1n) is 7.44. The molecule has 4 heteroatoms. The first-order valence-corrected chi connectivity index (χ1v) is 7.44. The van der Waals surface area contributed by atoms with E-state index in [4.69, 9.17) is 0 Å². The number of carbonyl (C=O) groups excluding carboxylic acids is 1. The maximum Gasteiger partial charge on any atom is 0.270 e. The molecule has 1 heterocycles. The summed E-state index contributed by atoms with van der Waals surface area (Å²) in [6.07, 6.45) is 6.57. The molecule has 1 aliphatic carbocycles. The Hall–Kier alpha value is -2.10. The minimum Gasteiger partial charge on any atom is -0.348 e. The van der Waals surface area contributed by atoms with Crippen molar-refractivity contribution in [1.82, 2.24) is 14.9 Å². The summed E-state index contributed by atoms with van der Waals surface area (Å²) in [7, 11) is 0. The summed E-state index contributed by atoms with van der Waals surface area (Å²) in [4.78, 5) is 16.6. The van der Waals surface area contributed by atoms with Gasteiger partial charge in [-0.05, 0) is 36.8 Å². The van der Waals surface area contributed by atoms with Crippen LogP contribution in [0.2, 0.25) is 0 Å². The van der Waals surface area contributed by atoms with Gasteiger partial charge in [0.25, 0.3) is 5.91 Å². The number of nitrogens with one attached hydrogen (secondary N) is 1. The lowest BCUT2D eigenvalue weighted by Crippen LogP contribution is -2.34. The number of carbonyl (C=O) groups is 1. The minimum absolute atomic E-state index is 0.0425. The maximum absolute atomic E-state index is 12.5. The fourth-order valence-corrected chi connectivity index (χ4v) is 3.08. The molecule has 1 aromatic carbocycles. The summed E-state index contributed by atoms with van der Waals surface area (Å²) in [5.41, 5.74) is 1.87. The van der Waals surface area contributed by atoms with Gasteiger partial charge < -0.3 is 5.32 Å². The molecule has 0 spiro atoms. The molecule has 4 nitrogen and oxygen atoms in total. The van der Waals surface area contributed by atoms with Gasteiger partial charge in [-0.3, -0.25) is 9.36 Å². The summed E-state index contributed by atoms with van der Waals surface area (Å²) in [5, 5.41) is 3.15. The monoisotopic (exact) mass is 283 g/mol. The van der Waals surface area contributed by atoms with E-state index in [0.29, 0.717) is 11.1 Å². The number of benzene rings is 1. The fraction of sp³-hybridized carbons (Fsp3) is 0.412. The van der Waals surface area contributed by atoms with Crippen LogP contribution in [0.5, 0.6) is 0 Å². The fourth-order valence-electron chi connectivity index (χ4n) is 3.08. The second-order valence-electron chi connectivity index (χ2n) is 6.56. The number of nitrogens with zero attached hydrogens (tertiary/aromatic N) is 2. The average molecular weight is 283 g/mol. The van der Waals surface area contributed by atoms with Crippen LogP contribution in [0, 0.1) is 5.41 Å². The molecule has 1 atom stereocenters. The zero-order valence-corrected chi connectivity index (χ0v) is 12.5. The smallest absolute Gasteiger partial charge is 0.270 e. The van der Waals surface area contributed by atoms with Gasteiger partial charge >= 0.3 is 0 Å². The SMILES string of the molecule is CC1(C)CCC(NC(=O)c2cncn2-c2ccccc2)C1. The second-order valence-corrected chi connectivity index (χ2v) is 6.56. The summed E-state index contributed by atoms with van der Waals surface area (Å²) in [6.45, 7) is 4.51. The van der Waals surface area contributed by atoms with E-state index >= 15 is 0 Å². The maximum atomic E-state index is 12.5. The highest BCUT2D eigenvalue weighted by Gasteiger charge is 2.32. The van der Waals surface area contributed by atoms with Crippen LogP contribution in [-0.2, 0) is 0 Å². The molecule has 1 aliphatic rings. The normalized spacial score (nSPS) is 20.4. The lowest BCUT2D eigenvalue weighted by atomic mass is 9.92. The third-order valence-corrected chi connectivity index (χ3v) is 4.21. The number of imidazole rings is 1. The molecule has 21 heavy (non-hydrogen) atoms. The van der Waals surface area contributed by atoms with Gasteiger partial charge in [0.15, 0.2) is 0 Å². The Morgan fingerprint density at radius 1 is 1.33 bits per heavy atom. The van der Waals surface area contributed by atoms with E-state index in [1.807, 2.05) is 34.9 Å². The quantitative estimate of drug-likeness (QED) is 0.940. The molecule has 3 rings (SSSR count). The van der Waals surface area contributed by atoms with Crippen LogP contribution in [0.15, 0.2) is 42.9 Å². The van der Waals surface area contributed by atoms with Crippen LogP contribution in [0.25, 0.3) is 5.69 Å². The van der Waals surface area contributed by atoms with Crippen molar-refractivity contribution in [2.45, 2.75) is 39.2 Å². The standard InChI is InChI=1S/C17H21N3O/c1-17(2)9-8-13(10-17)19-16(21)15-11-18-12-20(15)14-6-4-3-5-7-14/h3-7,11-13H,8-10H2,1-2H3,(H,19,21). The van der Waals surface area contributed by atoms with Gasteiger partial charge in [0.2, 0.25) is 0 Å². The van der Waals surface area contributed by atoms with Gasteiger partial charge in [0.1, 0.15) is 5.69 Å². The van der Waals surface area contributed by atoms with Crippen molar-refractivity contribution in [2.75, 3.05) is 0 Å². The van der Waals surface area contributed by atoms with Gasteiger partial charge in [-0.2, -0.15) is 0 Å². The number of amides is 1. The largest absolute Gasteiger partial charge is 0.348 e. The van der Waals surface area contributed by atoms with Gasteiger partial charge in [0.05, 0.1) is 12.5 Å². The lowest BCUT2D eigenvalue weighted by Gasteiger charge is -2.18. The van der Waals surface area contributed by atoms with E-state index in [2.05, 4.69) is 24.1 Å². The molecular weight excluding hydrogens is 262 g/mol. The van der Waals surface area contributed by atoms with Crippen molar-refractivity contribution in [1.29, 1.82) is 0 Å². The number of aromatic nitrogens is 2. The molecular formula is C17H21N3O. The number of rotatable bonds is 3. The van der Waals surface area contributed by atoms with Gasteiger partial charge in [-0.25, -0.2) is 4.98 Å². The molecule has 0 saturated heterocycles. The molecule has 0 radical (unpaired) electrons. The van der Waals surface area contributed by atoms with E-state index in [-0.39, 0.29) is 11.9 Å². The Morgan fingerprint density at radius 2 is 2.10 bits per heavy atom. The number of hydrogen-bond acceptors (Lipinski definition) is 2. The molecule has 1 N–H and O–H groups in total. The van der Waals surface area contributed by atoms with Crippen LogP contribution >= 0.6 is 0 Å². The van der Waals surface area contributed by atoms with Crippen LogP contribution in [0.4, 0.5) is 0 Å². The van der Waals surface area contributed by atoms with Crippen LogP contribution in [0.1, 0.15) is 43.6 Å². The average Bonchev–Trinajstić information content (AvgIpc) is 3.06. The van der Waals surface area contributed by atoms with Crippen molar-refractivity contribution in [3.63, 3.8) is 0 Å². The van der Waals surface area contributed by atoms with Crippen LogP contribution in [-0.4, -0.2) is 21.5 Å². The summed E-state index contributed by atoms with van der Waals surface area (Å²) in [6, 6.07) is 10.1. The molecule has 1 unspecified atom stereocenters. The first kappa shape index (κ1) is 13.9. The van der Waals surface area contributed by atoms with E-state index in [9.17, 15) is 4.79 Å². The van der Waals surface area contributed by atoms with E-state index in [1.165, 1.54) is 0 Å². The zero-order chi connectivity index (χ0) is 14.9. The Labute approximate surface area is 125 Å². The Kier molecular flexibility index (Phi) is 3.53. The van der Waals surface area contributed by atoms with Crippen molar-refractivity contribution >= 4 is 5.91 Å². The van der Waals surface area contributed by atoms with Crippen LogP contribution < -0.4 is 5.32 Å². The highest BCUT2D eigenvalue weighted by molar-refractivity contribution is 5.93. The number of para-hydroxylation sites is 1. The molecule has 0 aliphatic heterocycles. The topological polar surface area (TPSA) is 46.9 Å². The number of hydrogen-bond donors (Lipinski definition) is 1. The first-order chi connectivity index (χ1) is 10.1. The summed E-state index contributed by atoms with van der Waals surface area (Å²) < 4.78 is 1.83. The van der Waals surface area contributed by atoms with Crippen molar-refractivity contribution in [3.8, 4) is 5.69 Å². The Balaban J connectivity index is 1.76. The third-order valence-electron chi connectivity index (χ3n) is 4.21. The molecule has 1 fully saturated rings. The predicted molar refractivity (Wildman–Crippen MR) is 82.5 cm³/mol. The van der Waals surface area contributed by atoms with E-state index in [0.717, 1.165) is 24.9 Å². The zero-order valence-electron chi connectivity index (χ0n) is 12.5. The van der Waals surface area contributed by atoms with Gasteiger partial charge in [-0.15, -0.1) is 0 Å². The van der Waals surface area contributed by atoms with Gasteiger partial charge in [0, 0.05) is 11.7 Å². The van der Waals surface area contributed by atoms with E-state index < -0.39 is 0 Å². The lowest BCUT2D eigenvalue weighted by molar-refractivity contribution is 0.0929. The molecule has 110 valence electrons. The van der Waals surface area contributed by atoms with Crippen LogP contribution in [0.3, 0.4) is 0 Å². The predicted octanol–water partition coefficient (Wildman–Crippen LogP) is 3.18. The Morgan fingerprint density at radius 3 is 2.76 bits per heavy atom. The van der Waals surface area contributed by atoms with E-state index in [1.54, 1.807) is 12.5 Å². The molecule has 1 saturated carbocycles. The highest BCUT2D eigenvalue weighted by Crippen LogP contribution is 2.36. The van der Waals surface area contributed by atoms with Crippen molar-refractivity contribution < 1.29 is 4.79 Å². The Bertz CT molecular complexity index is 630. The summed E-state index contributed by atoms with van der Waals surface area (Å²) in [5.74, 6) is -0.0425. The highest BCUT2D eigenvalue weighted by atomic mass is 16.2. The molecule has 0 bridgehead atoms. The molecule has 1 aromatic heterocycles. The molecule has 1 amide bonds. The minimum atomic E-state index is -0.0425.